The second-order valence-electron chi connectivity index (χ2n) is 7.02. The summed E-state index contributed by atoms with van der Waals surface area (Å²) < 4.78 is 0. The Balaban J connectivity index is 1.38. The molecular formula is C21H25N5O4. The fourth-order valence-corrected chi connectivity index (χ4v) is 3.33. The Labute approximate surface area is 174 Å². The van der Waals surface area contributed by atoms with Gasteiger partial charge in [-0.25, -0.2) is 0 Å². The summed E-state index contributed by atoms with van der Waals surface area (Å²) in [5.41, 5.74) is 1.17. The first-order valence-electron chi connectivity index (χ1n) is 9.85. The van der Waals surface area contributed by atoms with Crippen LogP contribution in [0.3, 0.4) is 0 Å². The van der Waals surface area contributed by atoms with Crippen LogP contribution >= 0.6 is 0 Å². The molecule has 158 valence electrons. The van der Waals surface area contributed by atoms with Gasteiger partial charge in [-0.15, -0.1) is 0 Å². The van der Waals surface area contributed by atoms with E-state index in [1.165, 1.54) is 6.07 Å². The first kappa shape index (κ1) is 21.3. The van der Waals surface area contributed by atoms with E-state index in [4.69, 9.17) is 0 Å². The number of nitro benzene ring substituents is 1. The van der Waals surface area contributed by atoms with Crippen LogP contribution in [0.5, 0.6) is 0 Å². The number of carbonyl (C=O) groups excluding carboxylic acids is 2. The monoisotopic (exact) mass is 411 g/mol. The van der Waals surface area contributed by atoms with Crippen molar-refractivity contribution in [3.8, 4) is 0 Å². The molecule has 30 heavy (non-hydrogen) atoms. The number of para-hydroxylation sites is 3. The molecule has 0 atom stereocenters. The molecule has 0 spiro atoms. The van der Waals surface area contributed by atoms with E-state index < -0.39 is 4.92 Å². The second kappa shape index (κ2) is 10.4. The van der Waals surface area contributed by atoms with Crippen molar-refractivity contribution in [1.29, 1.82) is 0 Å². The highest BCUT2D eigenvalue weighted by Gasteiger charge is 2.22. The highest BCUT2D eigenvalue weighted by molar-refractivity contribution is 5.92. The van der Waals surface area contributed by atoms with Crippen molar-refractivity contribution in [2.24, 2.45) is 0 Å². The zero-order valence-electron chi connectivity index (χ0n) is 16.6. The Bertz CT molecular complexity index is 882. The SMILES string of the molecule is O=C(CN1CCN(C(=O)CCNc2ccccc2[N+](=O)[O-])CC1)Nc1ccccc1. The summed E-state index contributed by atoms with van der Waals surface area (Å²) in [6, 6.07) is 15.7. The van der Waals surface area contributed by atoms with Gasteiger partial charge in [-0.05, 0) is 18.2 Å². The third-order valence-electron chi connectivity index (χ3n) is 4.90. The Hall–Kier alpha value is -3.46. The molecule has 0 radical (unpaired) electrons. The van der Waals surface area contributed by atoms with Gasteiger partial charge in [0.25, 0.3) is 5.69 Å². The molecule has 2 aromatic carbocycles. The van der Waals surface area contributed by atoms with Crippen molar-refractivity contribution < 1.29 is 14.5 Å². The highest BCUT2D eigenvalue weighted by Crippen LogP contribution is 2.23. The molecule has 1 fully saturated rings. The van der Waals surface area contributed by atoms with Gasteiger partial charge in [-0.3, -0.25) is 24.6 Å². The van der Waals surface area contributed by atoms with Gasteiger partial charge in [0, 0.05) is 50.9 Å². The number of hydrogen-bond acceptors (Lipinski definition) is 6. The molecule has 0 unspecified atom stereocenters. The third-order valence-corrected chi connectivity index (χ3v) is 4.90. The standard InChI is InChI=1S/C21H25N5O4/c27-20(23-17-6-2-1-3-7-17)16-24-12-14-25(15-13-24)21(28)10-11-22-18-8-4-5-9-19(18)26(29)30/h1-9,22H,10-16H2,(H,23,27). The number of carbonyl (C=O) groups is 2. The lowest BCUT2D eigenvalue weighted by molar-refractivity contribution is -0.384. The molecule has 1 saturated heterocycles. The van der Waals surface area contributed by atoms with E-state index in [1.807, 2.05) is 35.2 Å². The van der Waals surface area contributed by atoms with Crippen LogP contribution in [-0.2, 0) is 9.59 Å². The van der Waals surface area contributed by atoms with Gasteiger partial charge in [0.15, 0.2) is 0 Å². The zero-order chi connectivity index (χ0) is 21.3. The molecule has 0 aliphatic carbocycles. The lowest BCUT2D eigenvalue weighted by atomic mass is 10.2. The highest BCUT2D eigenvalue weighted by atomic mass is 16.6. The van der Waals surface area contributed by atoms with Gasteiger partial charge < -0.3 is 15.5 Å². The summed E-state index contributed by atoms with van der Waals surface area (Å²) in [5, 5.41) is 16.9. The maximum atomic E-state index is 12.4. The van der Waals surface area contributed by atoms with Gasteiger partial charge in [0.2, 0.25) is 11.8 Å². The summed E-state index contributed by atoms with van der Waals surface area (Å²) in [4.78, 5) is 39.0. The Kier molecular flexibility index (Phi) is 7.34. The molecular weight excluding hydrogens is 386 g/mol. The van der Waals surface area contributed by atoms with E-state index in [0.29, 0.717) is 38.4 Å². The van der Waals surface area contributed by atoms with Crippen LogP contribution < -0.4 is 10.6 Å². The van der Waals surface area contributed by atoms with E-state index in [9.17, 15) is 19.7 Å². The molecule has 0 bridgehead atoms. The molecule has 0 saturated carbocycles. The van der Waals surface area contributed by atoms with Crippen LogP contribution in [0.25, 0.3) is 0 Å². The van der Waals surface area contributed by atoms with E-state index >= 15 is 0 Å². The minimum Gasteiger partial charge on any atom is -0.379 e. The minimum absolute atomic E-state index is 0.00512. The van der Waals surface area contributed by atoms with Gasteiger partial charge in [-0.1, -0.05) is 30.3 Å². The predicted molar refractivity (Wildman–Crippen MR) is 114 cm³/mol. The second-order valence-corrected chi connectivity index (χ2v) is 7.02. The van der Waals surface area contributed by atoms with Crippen molar-refractivity contribution in [3.05, 3.63) is 64.7 Å². The van der Waals surface area contributed by atoms with E-state index in [1.54, 1.807) is 23.1 Å². The Morgan fingerprint density at radius 1 is 0.967 bits per heavy atom. The number of nitro groups is 1. The normalized spacial score (nSPS) is 14.2. The first-order valence-corrected chi connectivity index (χ1v) is 9.85. The molecule has 3 rings (SSSR count). The van der Waals surface area contributed by atoms with Crippen molar-refractivity contribution >= 4 is 28.9 Å². The Morgan fingerprint density at radius 2 is 1.63 bits per heavy atom. The van der Waals surface area contributed by atoms with Gasteiger partial charge in [-0.2, -0.15) is 0 Å². The number of benzene rings is 2. The van der Waals surface area contributed by atoms with Crippen molar-refractivity contribution in [2.75, 3.05) is 49.9 Å². The lowest BCUT2D eigenvalue weighted by Gasteiger charge is -2.34. The predicted octanol–water partition coefficient (Wildman–Crippen LogP) is 2.18. The molecule has 0 aromatic heterocycles. The van der Waals surface area contributed by atoms with E-state index in [0.717, 1.165) is 5.69 Å². The van der Waals surface area contributed by atoms with Crippen LogP contribution in [0.4, 0.5) is 17.1 Å². The summed E-state index contributed by atoms with van der Waals surface area (Å²) in [6.07, 6.45) is 0.251. The maximum absolute atomic E-state index is 12.4. The molecule has 1 aliphatic rings. The number of nitrogens with one attached hydrogen (secondary N) is 2. The molecule has 9 nitrogen and oxygen atoms in total. The Morgan fingerprint density at radius 3 is 2.33 bits per heavy atom. The molecule has 2 aromatic rings. The van der Waals surface area contributed by atoms with Crippen molar-refractivity contribution in [1.82, 2.24) is 9.80 Å². The number of anilines is 2. The minimum atomic E-state index is -0.447. The smallest absolute Gasteiger partial charge is 0.292 e. The largest absolute Gasteiger partial charge is 0.379 e. The maximum Gasteiger partial charge on any atom is 0.292 e. The summed E-state index contributed by atoms with van der Waals surface area (Å²) >= 11 is 0. The van der Waals surface area contributed by atoms with Crippen LogP contribution in [-0.4, -0.2) is 65.8 Å². The zero-order valence-corrected chi connectivity index (χ0v) is 16.6. The molecule has 1 aliphatic heterocycles. The van der Waals surface area contributed by atoms with Crippen molar-refractivity contribution in [2.45, 2.75) is 6.42 Å². The average Bonchev–Trinajstić information content (AvgIpc) is 2.75. The number of amides is 2. The summed E-state index contributed by atoms with van der Waals surface area (Å²) in [5.74, 6) is -0.0795. The van der Waals surface area contributed by atoms with E-state index in [-0.39, 0.29) is 30.5 Å². The average molecular weight is 411 g/mol. The van der Waals surface area contributed by atoms with Crippen molar-refractivity contribution in [3.63, 3.8) is 0 Å². The van der Waals surface area contributed by atoms with Crippen LogP contribution in [0.15, 0.2) is 54.6 Å². The summed E-state index contributed by atoms with van der Waals surface area (Å²) in [6.45, 7) is 2.99. The van der Waals surface area contributed by atoms with Gasteiger partial charge in [0.05, 0.1) is 11.5 Å². The molecule has 2 amide bonds. The van der Waals surface area contributed by atoms with Crippen LogP contribution in [0.2, 0.25) is 0 Å². The van der Waals surface area contributed by atoms with Gasteiger partial charge in [0.1, 0.15) is 5.69 Å². The lowest BCUT2D eigenvalue weighted by Crippen LogP contribution is -2.50. The fraction of sp³-hybridized carbons (Fsp3) is 0.333. The topological polar surface area (TPSA) is 108 Å². The number of nitrogens with zero attached hydrogens (tertiary/aromatic N) is 3. The first-order chi connectivity index (χ1) is 14.5. The number of rotatable bonds is 8. The molecule has 9 heteroatoms. The third kappa shape index (κ3) is 6.02. The quantitative estimate of drug-likeness (QED) is 0.509. The van der Waals surface area contributed by atoms with Crippen LogP contribution in [0, 0.1) is 10.1 Å². The number of piperazine rings is 1. The fourth-order valence-electron chi connectivity index (χ4n) is 3.33. The van der Waals surface area contributed by atoms with E-state index in [2.05, 4.69) is 10.6 Å². The van der Waals surface area contributed by atoms with Crippen LogP contribution in [0.1, 0.15) is 6.42 Å². The molecule has 2 N–H and O–H groups in total. The summed E-state index contributed by atoms with van der Waals surface area (Å²) in [7, 11) is 0. The van der Waals surface area contributed by atoms with Gasteiger partial charge >= 0.3 is 0 Å². The number of hydrogen-bond donors (Lipinski definition) is 2. The molecule has 1 heterocycles.